The van der Waals surface area contributed by atoms with Gasteiger partial charge in [0.2, 0.25) is 17.7 Å². The fraction of sp³-hybridized carbons (Fsp3) is 0.350. The first kappa shape index (κ1) is 38.8. The van der Waals surface area contributed by atoms with E-state index in [1.54, 1.807) is 47.4 Å². The fourth-order valence-corrected chi connectivity index (χ4v) is 8.09. The Hall–Kier alpha value is -5.44. The van der Waals surface area contributed by atoms with Gasteiger partial charge in [0, 0.05) is 91.7 Å². The van der Waals surface area contributed by atoms with E-state index in [0.717, 1.165) is 12.8 Å². The molecular formula is C40H42Cl2N8O6. The van der Waals surface area contributed by atoms with E-state index in [-0.39, 0.29) is 48.4 Å². The number of nitrogens with zero attached hydrogens (tertiary/aromatic N) is 6. The maximum Gasteiger partial charge on any atom is 0.407 e. The van der Waals surface area contributed by atoms with Crippen molar-refractivity contribution in [2.75, 3.05) is 26.7 Å². The highest BCUT2D eigenvalue weighted by atomic mass is 35.5. The van der Waals surface area contributed by atoms with E-state index >= 15 is 0 Å². The van der Waals surface area contributed by atoms with Gasteiger partial charge < -0.3 is 30.3 Å². The van der Waals surface area contributed by atoms with Gasteiger partial charge in [0.05, 0.1) is 35.9 Å². The van der Waals surface area contributed by atoms with Crippen LogP contribution < -0.4 is 20.9 Å². The quantitative estimate of drug-likeness (QED) is 0.154. The summed E-state index contributed by atoms with van der Waals surface area (Å²) >= 11 is 14.2. The number of ether oxygens (including phenoxy) is 1. The molecule has 0 saturated carbocycles. The van der Waals surface area contributed by atoms with Crippen LogP contribution in [0.15, 0.2) is 65.6 Å². The number of amides is 3. The first-order valence-corrected chi connectivity index (χ1v) is 19.1. The predicted octanol–water partition coefficient (Wildman–Crippen LogP) is 5.60. The number of rotatable bonds is 11. The summed E-state index contributed by atoms with van der Waals surface area (Å²) in [5.41, 5.74) is 4.65. The summed E-state index contributed by atoms with van der Waals surface area (Å²) in [7, 11) is 3.18. The molecule has 2 aliphatic rings. The van der Waals surface area contributed by atoms with Crippen molar-refractivity contribution < 1.29 is 24.2 Å². The number of carbonyl (C=O) groups excluding carboxylic acids is 2. The maximum absolute atomic E-state index is 13.5. The van der Waals surface area contributed by atoms with E-state index in [1.807, 2.05) is 41.3 Å². The number of fused-ring (bicyclic) bond motifs is 1. The molecule has 5 aromatic rings. The molecule has 2 saturated heterocycles. The molecule has 2 aromatic carbocycles. The Bertz CT molecular complexity index is 2390. The molecule has 56 heavy (non-hydrogen) atoms. The lowest BCUT2D eigenvalue weighted by molar-refractivity contribution is -0.130. The van der Waals surface area contributed by atoms with Crippen molar-refractivity contribution in [3.8, 4) is 39.4 Å². The summed E-state index contributed by atoms with van der Waals surface area (Å²) in [5, 5.41) is 21.8. The molecule has 3 amide bonds. The zero-order valence-corrected chi connectivity index (χ0v) is 32.7. The number of benzene rings is 2. The number of nitrogens with one attached hydrogen (secondary N) is 2. The molecule has 7 rings (SSSR count). The van der Waals surface area contributed by atoms with Crippen LogP contribution in [0.4, 0.5) is 4.79 Å². The Balaban J connectivity index is 1.13. The summed E-state index contributed by atoms with van der Waals surface area (Å²) in [6, 6.07) is 16.5. The highest BCUT2D eigenvalue weighted by Crippen LogP contribution is 2.42. The van der Waals surface area contributed by atoms with Gasteiger partial charge in [-0.1, -0.05) is 59.6 Å². The number of carbonyl (C=O) groups is 3. The van der Waals surface area contributed by atoms with Gasteiger partial charge in [-0.3, -0.25) is 19.0 Å². The van der Waals surface area contributed by atoms with Crippen LogP contribution in [0.25, 0.3) is 39.0 Å². The second kappa shape index (κ2) is 16.3. The Morgan fingerprint density at radius 2 is 1.68 bits per heavy atom. The van der Waals surface area contributed by atoms with Crippen LogP contribution in [0.1, 0.15) is 44.0 Å². The molecule has 0 unspecified atom stereocenters. The molecule has 16 heteroatoms. The highest BCUT2D eigenvalue weighted by molar-refractivity contribution is 6.39. The van der Waals surface area contributed by atoms with Gasteiger partial charge in [0.15, 0.2) is 0 Å². The third-order valence-electron chi connectivity index (χ3n) is 10.6. The van der Waals surface area contributed by atoms with Crippen LogP contribution >= 0.6 is 23.2 Å². The van der Waals surface area contributed by atoms with Gasteiger partial charge in [0.25, 0.3) is 5.56 Å². The summed E-state index contributed by atoms with van der Waals surface area (Å²) < 4.78 is 8.75. The van der Waals surface area contributed by atoms with Gasteiger partial charge in [-0.2, -0.15) is 5.10 Å². The van der Waals surface area contributed by atoms with E-state index in [2.05, 4.69) is 10.6 Å². The molecule has 292 valence electrons. The van der Waals surface area contributed by atoms with Crippen LogP contribution in [0.3, 0.4) is 0 Å². The van der Waals surface area contributed by atoms with Crippen LogP contribution in [0, 0.1) is 0 Å². The molecule has 1 atom stereocenters. The lowest BCUT2D eigenvalue weighted by atomic mass is 9.97. The second-order valence-corrected chi connectivity index (χ2v) is 14.9. The highest BCUT2D eigenvalue weighted by Gasteiger charge is 2.27. The largest absolute Gasteiger partial charge is 0.481 e. The molecule has 3 aromatic heterocycles. The van der Waals surface area contributed by atoms with Crippen LogP contribution in [0.5, 0.6) is 5.88 Å². The number of halogens is 2. The van der Waals surface area contributed by atoms with E-state index < -0.39 is 6.09 Å². The summed E-state index contributed by atoms with van der Waals surface area (Å²) in [5.74, 6) is 0.832. The average molecular weight is 802 g/mol. The smallest absolute Gasteiger partial charge is 0.407 e. The Morgan fingerprint density at radius 3 is 2.32 bits per heavy atom. The lowest BCUT2D eigenvalue weighted by Crippen LogP contribution is -2.44. The minimum atomic E-state index is -1.11. The van der Waals surface area contributed by atoms with Crippen molar-refractivity contribution in [3.63, 3.8) is 0 Å². The Kier molecular flexibility index (Phi) is 11.3. The van der Waals surface area contributed by atoms with Gasteiger partial charge >= 0.3 is 6.09 Å². The van der Waals surface area contributed by atoms with E-state index in [1.165, 1.54) is 12.0 Å². The van der Waals surface area contributed by atoms with Gasteiger partial charge in [-0.15, -0.1) is 0 Å². The summed E-state index contributed by atoms with van der Waals surface area (Å²) in [6.07, 6.45) is 3.29. The molecule has 2 fully saturated rings. The maximum atomic E-state index is 13.5. The molecular weight excluding hydrogens is 759 g/mol. The fourth-order valence-electron chi connectivity index (χ4n) is 7.42. The topological polar surface area (TPSA) is 163 Å². The van der Waals surface area contributed by atoms with Crippen LogP contribution in [0.2, 0.25) is 10.0 Å². The SMILES string of the molecule is COc1nc(-c2cccc(-c3cccc(-c4cc5c(=O)n(C)c(CNC6CCN(C(C)=O)CC6)nn5c4)c3Cl)c2Cl)ccc1CN(C[C@@H]1CCC(=O)N1)C(=O)O. The van der Waals surface area contributed by atoms with Gasteiger partial charge in [0.1, 0.15) is 11.3 Å². The number of methoxy groups -OCH3 is 1. The second-order valence-electron chi connectivity index (χ2n) is 14.2. The van der Waals surface area contributed by atoms with Gasteiger partial charge in [-0.05, 0) is 37.5 Å². The molecule has 14 nitrogen and oxygen atoms in total. The van der Waals surface area contributed by atoms with Crippen molar-refractivity contribution in [1.82, 2.24) is 39.6 Å². The van der Waals surface area contributed by atoms with E-state index in [9.17, 15) is 24.3 Å². The molecule has 5 heterocycles. The van der Waals surface area contributed by atoms with Crippen molar-refractivity contribution in [2.24, 2.45) is 7.05 Å². The molecule has 3 N–H and O–H groups in total. The third-order valence-corrected chi connectivity index (χ3v) is 11.4. The van der Waals surface area contributed by atoms with Crippen LogP contribution in [-0.2, 0) is 29.7 Å². The zero-order valence-electron chi connectivity index (χ0n) is 31.2. The molecule has 0 bridgehead atoms. The molecule has 0 radical (unpaired) electrons. The van der Waals surface area contributed by atoms with E-state index in [4.69, 9.17) is 38.0 Å². The number of aromatic nitrogens is 4. The number of pyridine rings is 1. The number of hydrogen-bond donors (Lipinski definition) is 3. The molecule has 2 aliphatic heterocycles. The minimum absolute atomic E-state index is 0.0196. The van der Waals surface area contributed by atoms with Crippen molar-refractivity contribution in [2.45, 2.75) is 57.8 Å². The Morgan fingerprint density at radius 1 is 1.00 bits per heavy atom. The van der Waals surface area contributed by atoms with Crippen molar-refractivity contribution >= 4 is 46.6 Å². The summed E-state index contributed by atoms with van der Waals surface area (Å²) in [6.45, 7) is 3.56. The van der Waals surface area contributed by atoms with Gasteiger partial charge in [-0.25, -0.2) is 14.3 Å². The predicted molar refractivity (Wildman–Crippen MR) is 213 cm³/mol. The molecule has 0 spiro atoms. The van der Waals surface area contributed by atoms with E-state index in [0.29, 0.717) is 92.9 Å². The summed E-state index contributed by atoms with van der Waals surface area (Å²) in [4.78, 5) is 56.8. The number of hydrogen-bond acceptors (Lipinski definition) is 8. The normalized spacial score (nSPS) is 16.0. The first-order chi connectivity index (χ1) is 26.9. The monoisotopic (exact) mass is 800 g/mol. The molecule has 0 aliphatic carbocycles. The zero-order chi connectivity index (χ0) is 39.7. The lowest BCUT2D eigenvalue weighted by Gasteiger charge is -2.31. The van der Waals surface area contributed by atoms with Crippen LogP contribution in [-0.4, -0.2) is 90.8 Å². The standard InChI is InChI=1S/C40H42Cl2N8O6/c1-23(51)48-16-14-26(15-17-48)43-19-34-46-50-21-25(18-33(50)39(53)47(34)2)28-6-4-7-29(36(28)41)30-8-5-9-31(37(30)42)32-12-10-24(38(45-32)56-3)20-49(40(54)55)22-27-11-13-35(52)44-27/h4-10,12,18,21,26-27,43H,11,13-17,19-20,22H2,1-3H3,(H,44,52)(H,54,55)/t27-/m0/s1. The number of piperidine rings is 1. The average Bonchev–Trinajstić information content (AvgIpc) is 3.81. The first-order valence-electron chi connectivity index (χ1n) is 18.4. The number of likely N-dealkylation sites (tertiary alicyclic amines) is 1. The van der Waals surface area contributed by atoms with Crippen molar-refractivity contribution in [1.29, 1.82) is 0 Å². The number of carboxylic acid groups (broad SMARTS) is 1. The Labute approximate surface area is 333 Å². The third kappa shape index (κ3) is 7.95. The minimum Gasteiger partial charge on any atom is -0.481 e. The van der Waals surface area contributed by atoms with Crippen molar-refractivity contribution in [3.05, 3.63) is 92.6 Å².